The van der Waals surface area contributed by atoms with E-state index in [-0.39, 0.29) is 24.0 Å². The van der Waals surface area contributed by atoms with Gasteiger partial charge in [0, 0.05) is 31.2 Å². The summed E-state index contributed by atoms with van der Waals surface area (Å²) in [4.78, 5) is 9.26. The van der Waals surface area contributed by atoms with Crippen LogP contribution >= 0.6 is 24.0 Å². The largest absolute Gasteiger partial charge is 0.357 e. The lowest BCUT2D eigenvalue weighted by Gasteiger charge is -2.12. The smallest absolute Gasteiger partial charge is 0.191 e. The molecule has 8 heteroatoms. The highest BCUT2D eigenvalue weighted by atomic mass is 127. The van der Waals surface area contributed by atoms with E-state index in [0.717, 1.165) is 42.3 Å². The van der Waals surface area contributed by atoms with E-state index in [4.69, 9.17) is 0 Å². The van der Waals surface area contributed by atoms with Crippen molar-refractivity contribution in [1.29, 1.82) is 0 Å². The molecule has 0 fully saturated rings. The zero-order valence-electron chi connectivity index (χ0n) is 16.8. The standard InChI is InChI=1S/C20H28N4O2S.HI/c1-5-21-20(22-11-10-17-7-6-16(3)23-13-17)24-14-18-8-9-19(15(2)12-18)27(4,25)26;/h6-9,12-13H,5,10-11,14H2,1-4H3,(H2,21,22,24);1H. The number of pyridine rings is 1. The Balaban J connectivity index is 0.00000392. The number of benzene rings is 1. The van der Waals surface area contributed by atoms with Gasteiger partial charge < -0.3 is 10.6 Å². The maximum Gasteiger partial charge on any atom is 0.191 e. The second kappa shape index (κ2) is 11.4. The first-order chi connectivity index (χ1) is 12.8. The van der Waals surface area contributed by atoms with Crippen LogP contribution in [0.25, 0.3) is 0 Å². The summed E-state index contributed by atoms with van der Waals surface area (Å²) in [7, 11) is -3.20. The van der Waals surface area contributed by atoms with Crippen LogP contribution in [-0.4, -0.2) is 38.7 Å². The number of hydrogen-bond acceptors (Lipinski definition) is 4. The van der Waals surface area contributed by atoms with Crippen LogP contribution in [0.3, 0.4) is 0 Å². The number of nitrogens with one attached hydrogen (secondary N) is 2. The van der Waals surface area contributed by atoms with E-state index >= 15 is 0 Å². The Morgan fingerprint density at radius 1 is 1.11 bits per heavy atom. The third-order valence-corrected chi connectivity index (χ3v) is 5.34. The van der Waals surface area contributed by atoms with Crippen LogP contribution in [0.5, 0.6) is 0 Å². The average Bonchev–Trinajstić information content (AvgIpc) is 2.60. The molecule has 0 saturated carbocycles. The van der Waals surface area contributed by atoms with Gasteiger partial charge in [-0.3, -0.25) is 4.98 Å². The highest BCUT2D eigenvalue weighted by molar-refractivity contribution is 14.0. The van der Waals surface area contributed by atoms with E-state index < -0.39 is 9.84 Å². The van der Waals surface area contributed by atoms with Gasteiger partial charge in [-0.05, 0) is 56.0 Å². The molecule has 1 heterocycles. The fraction of sp³-hybridized carbons (Fsp3) is 0.400. The summed E-state index contributed by atoms with van der Waals surface area (Å²) >= 11 is 0. The highest BCUT2D eigenvalue weighted by Crippen LogP contribution is 2.17. The molecule has 0 unspecified atom stereocenters. The van der Waals surface area contributed by atoms with Crippen molar-refractivity contribution in [2.45, 2.75) is 38.6 Å². The van der Waals surface area contributed by atoms with Crippen molar-refractivity contribution < 1.29 is 8.42 Å². The molecule has 0 aliphatic rings. The number of nitrogens with zero attached hydrogens (tertiary/aromatic N) is 2. The normalized spacial score (nSPS) is 11.6. The van der Waals surface area contributed by atoms with E-state index in [9.17, 15) is 8.42 Å². The molecular weight excluding hydrogens is 487 g/mol. The molecule has 0 bridgehead atoms. The molecule has 0 spiro atoms. The Morgan fingerprint density at radius 3 is 2.39 bits per heavy atom. The number of aliphatic imine (C=N–C) groups is 1. The third-order valence-electron chi connectivity index (χ3n) is 4.08. The molecule has 0 aliphatic carbocycles. The molecule has 28 heavy (non-hydrogen) atoms. The van der Waals surface area contributed by atoms with Gasteiger partial charge in [0.15, 0.2) is 15.8 Å². The van der Waals surface area contributed by atoms with Crippen molar-refractivity contribution in [2.24, 2.45) is 4.99 Å². The zero-order chi connectivity index (χ0) is 19.9. The summed E-state index contributed by atoms with van der Waals surface area (Å²) in [6, 6.07) is 9.44. The van der Waals surface area contributed by atoms with Gasteiger partial charge in [0.25, 0.3) is 0 Å². The van der Waals surface area contributed by atoms with Gasteiger partial charge in [0.2, 0.25) is 0 Å². The minimum absolute atomic E-state index is 0. The van der Waals surface area contributed by atoms with Gasteiger partial charge in [-0.25, -0.2) is 13.4 Å². The van der Waals surface area contributed by atoms with Crippen LogP contribution in [0, 0.1) is 13.8 Å². The second-order valence-corrected chi connectivity index (χ2v) is 8.54. The van der Waals surface area contributed by atoms with E-state index in [1.54, 1.807) is 6.07 Å². The summed E-state index contributed by atoms with van der Waals surface area (Å²) in [6.45, 7) is 7.80. The summed E-state index contributed by atoms with van der Waals surface area (Å²) in [6.07, 6.45) is 3.98. The number of sulfone groups is 1. The monoisotopic (exact) mass is 516 g/mol. The number of halogens is 1. The van der Waals surface area contributed by atoms with E-state index in [1.165, 1.54) is 11.8 Å². The number of rotatable bonds is 7. The molecule has 2 aromatic rings. The van der Waals surface area contributed by atoms with Crippen molar-refractivity contribution in [3.05, 3.63) is 58.9 Å². The molecule has 2 N–H and O–H groups in total. The van der Waals surface area contributed by atoms with Gasteiger partial charge in [-0.2, -0.15) is 0 Å². The van der Waals surface area contributed by atoms with Crippen LogP contribution in [0.1, 0.15) is 29.3 Å². The summed E-state index contributed by atoms with van der Waals surface area (Å²) in [5, 5.41) is 6.55. The SMILES string of the molecule is CCNC(=NCc1ccc(S(C)(=O)=O)c(C)c1)NCCc1ccc(C)nc1.I. The molecule has 2 rings (SSSR count). The Bertz CT molecular complexity index is 897. The fourth-order valence-corrected chi connectivity index (χ4v) is 3.67. The van der Waals surface area contributed by atoms with Crippen LogP contribution < -0.4 is 10.6 Å². The highest BCUT2D eigenvalue weighted by Gasteiger charge is 2.10. The molecule has 0 atom stereocenters. The maximum atomic E-state index is 11.7. The first-order valence-corrected chi connectivity index (χ1v) is 10.9. The van der Waals surface area contributed by atoms with Gasteiger partial charge >= 0.3 is 0 Å². The van der Waals surface area contributed by atoms with E-state index in [0.29, 0.717) is 11.4 Å². The van der Waals surface area contributed by atoms with Crippen molar-refractivity contribution in [3.63, 3.8) is 0 Å². The summed E-state index contributed by atoms with van der Waals surface area (Å²) in [5.41, 5.74) is 3.91. The molecule has 1 aromatic carbocycles. The minimum atomic E-state index is -3.20. The molecule has 0 aliphatic heterocycles. The predicted molar refractivity (Wildman–Crippen MR) is 125 cm³/mol. The Labute approximate surface area is 185 Å². The number of guanidine groups is 1. The molecule has 6 nitrogen and oxygen atoms in total. The van der Waals surface area contributed by atoms with Crippen molar-refractivity contribution in [3.8, 4) is 0 Å². The van der Waals surface area contributed by atoms with Gasteiger partial charge in [0.05, 0.1) is 11.4 Å². The van der Waals surface area contributed by atoms with Crippen molar-refractivity contribution >= 4 is 39.8 Å². The Hall–Kier alpha value is -1.68. The lowest BCUT2D eigenvalue weighted by molar-refractivity contribution is 0.601. The van der Waals surface area contributed by atoms with Crippen LogP contribution in [-0.2, 0) is 22.8 Å². The topological polar surface area (TPSA) is 83.5 Å². The molecule has 0 saturated heterocycles. The van der Waals surface area contributed by atoms with Crippen molar-refractivity contribution in [1.82, 2.24) is 15.6 Å². The Kier molecular flexibility index (Phi) is 9.88. The molecule has 0 radical (unpaired) electrons. The summed E-state index contributed by atoms with van der Waals surface area (Å²) < 4.78 is 23.4. The fourth-order valence-electron chi connectivity index (χ4n) is 2.71. The lowest BCUT2D eigenvalue weighted by Crippen LogP contribution is -2.38. The van der Waals surface area contributed by atoms with Crippen LogP contribution in [0.2, 0.25) is 0 Å². The predicted octanol–water partition coefficient (Wildman–Crippen LogP) is 3.02. The van der Waals surface area contributed by atoms with Gasteiger partial charge in [-0.15, -0.1) is 24.0 Å². The quantitative estimate of drug-likeness (QED) is 0.336. The Morgan fingerprint density at radius 2 is 1.82 bits per heavy atom. The molecule has 1 aromatic heterocycles. The first-order valence-electron chi connectivity index (χ1n) is 9.03. The molecular formula is C20H29IN4O2S. The van der Waals surface area contributed by atoms with Crippen molar-refractivity contribution in [2.75, 3.05) is 19.3 Å². The number of aromatic nitrogens is 1. The number of aryl methyl sites for hydroxylation is 2. The van der Waals surface area contributed by atoms with Gasteiger partial charge in [0.1, 0.15) is 0 Å². The molecule has 154 valence electrons. The average molecular weight is 516 g/mol. The van der Waals surface area contributed by atoms with Crippen LogP contribution in [0.15, 0.2) is 46.4 Å². The van der Waals surface area contributed by atoms with E-state index in [2.05, 4.69) is 26.7 Å². The van der Waals surface area contributed by atoms with E-state index in [1.807, 2.05) is 45.2 Å². The van der Waals surface area contributed by atoms with Gasteiger partial charge in [-0.1, -0.05) is 18.2 Å². The number of hydrogen-bond donors (Lipinski definition) is 2. The lowest BCUT2D eigenvalue weighted by atomic mass is 10.1. The third kappa shape index (κ3) is 7.75. The maximum absolute atomic E-state index is 11.7. The minimum Gasteiger partial charge on any atom is -0.357 e. The zero-order valence-corrected chi connectivity index (χ0v) is 20.0. The van der Waals surface area contributed by atoms with Crippen LogP contribution in [0.4, 0.5) is 0 Å². The summed E-state index contributed by atoms with van der Waals surface area (Å²) in [5.74, 6) is 0.738. The molecule has 0 amide bonds. The second-order valence-electron chi connectivity index (χ2n) is 6.55. The first kappa shape index (κ1) is 24.4.